The molecule has 0 aliphatic carbocycles. The van der Waals surface area contributed by atoms with Crippen molar-refractivity contribution in [1.82, 2.24) is 20.1 Å². The summed E-state index contributed by atoms with van der Waals surface area (Å²) >= 11 is 0. The number of nitrogens with zero attached hydrogens (tertiary/aromatic N) is 7. The summed E-state index contributed by atoms with van der Waals surface area (Å²) < 4.78 is 4.94. The summed E-state index contributed by atoms with van der Waals surface area (Å²) in [6.07, 6.45) is 6.48. The molecule has 0 saturated carbocycles. The van der Waals surface area contributed by atoms with Gasteiger partial charge >= 0.3 is 0 Å². The molecule has 1 saturated heterocycles. The predicted octanol–water partition coefficient (Wildman–Crippen LogP) is 3.37. The third-order valence-electron chi connectivity index (χ3n) is 7.72. The summed E-state index contributed by atoms with van der Waals surface area (Å²) in [5.74, 6) is 2.92. The molecule has 0 radical (unpaired) electrons. The Hall–Kier alpha value is -3.33. The molecular formula is C25H30N8O. The summed E-state index contributed by atoms with van der Waals surface area (Å²) in [6, 6.07) is 6.36. The highest BCUT2D eigenvalue weighted by atomic mass is 16.5. The largest absolute Gasteiger partial charge is 0.355 e. The maximum atomic E-state index is 5.98. The maximum Gasteiger partial charge on any atom is 0.214 e. The molecule has 1 aromatic carbocycles. The van der Waals surface area contributed by atoms with Crippen LogP contribution in [0.3, 0.4) is 0 Å². The fraction of sp³-hybridized carbons (Fsp3) is 0.480. The van der Waals surface area contributed by atoms with Crippen molar-refractivity contribution in [2.45, 2.75) is 45.6 Å². The van der Waals surface area contributed by atoms with Crippen LogP contribution in [0.5, 0.6) is 0 Å². The minimum absolute atomic E-state index is 0.235. The number of benzene rings is 1. The Morgan fingerprint density at radius 3 is 2.79 bits per heavy atom. The molecule has 0 unspecified atom stereocenters. The van der Waals surface area contributed by atoms with Crippen molar-refractivity contribution in [3.05, 3.63) is 47.7 Å². The highest BCUT2D eigenvalue weighted by Gasteiger charge is 2.33. The van der Waals surface area contributed by atoms with Gasteiger partial charge in [0.2, 0.25) is 12.2 Å². The van der Waals surface area contributed by atoms with Crippen molar-refractivity contribution in [2.24, 2.45) is 16.1 Å². The number of aromatic nitrogens is 4. The second-order valence-electron chi connectivity index (χ2n) is 10.0. The second-order valence-corrected chi connectivity index (χ2v) is 10.0. The molecule has 2 N–H and O–H groups in total. The first kappa shape index (κ1) is 21.2. The van der Waals surface area contributed by atoms with E-state index in [0.717, 1.165) is 74.0 Å². The van der Waals surface area contributed by atoms with Crippen molar-refractivity contribution in [1.29, 1.82) is 0 Å². The Kier molecular flexibility index (Phi) is 5.09. The number of fused-ring (bicyclic) bond motifs is 2. The molecule has 9 heteroatoms. The molecule has 34 heavy (non-hydrogen) atoms. The van der Waals surface area contributed by atoms with Gasteiger partial charge in [-0.2, -0.15) is 4.98 Å². The molecule has 176 valence electrons. The van der Waals surface area contributed by atoms with E-state index < -0.39 is 0 Å². The van der Waals surface area contributed by atoms with Crippen LogP contribution in [0.4, 0.5) is 11.5 Å². The minimum atomic E-state index is 0.235. The molecule has 6 rings (SSSR count). The molecule has 1 fully saturated rings. The monoisotopic (exact) mass is 458 g/mol. The van der Waals surface area contributed by atoms with Gasteiger partial charge < -0.3 is 20.1 Å². The molecule has 0 bridgehead atoms. The summed E-state index contributed by atoms with van der Waals surface area (Å²) in [7, 11) is 0. The molecule has 3 aromatic rings. The Balaban J connectivity index is 1.26. The molecule has 5 heterocycles. The van der Waals surface area contributed by atoms with Crippen LogP contribution >= 0.6 is 0 Å². The molecule has 3 aliphatic heterocycles. The van der Waals surface area contributed by atoms with Gasteiger partial charge in [-0.25, -0.2) is 9.97 Å². The molecule has 3 aliphatic rings. The third-order valence-corrected chi connectivity index (χ3v) is 7.72. The van der Waals surface area contributed by atoms with E-state index in [1.54, 1.807) is 0 Å². The van der Waals surface area contributed by atoms with Crippen LogP contribution in [0.15, 0.2) is 40.3 Å². The van der Waals surface area contributed by atoms with E-state index in [1.807, 2.05) is 12.3 Å². The second kappa shape index (κ2) is 8.16. The van der Waals surface area contributed by atoms with Gasteiger partial charge in [-0.3, -0.25) is 4.99 Å². The number of aliphatic imine (C=N–C) groups is 1. The van der Waals surface area contributed by atoms with Crippen molar-refractivity contribution in [3.63, 3.8) is 0 Å². The average Bonchev–Trinajstić information content (AvgIpc) is 3.55. The van der Waals surface area contributed by atoms with E-state index in [2.05, 4.69) is 45.9 Å². The Labute approximate surface area is 199 Å². The van der Waals surface area contributed by atoms with Gasteiger partial charge in [0.1, 0.15) is 11.5 Å². The standard InChI is InChI=1S/C25H30N8O/c1-16-5-8-33(20-4-3-17(11-18(16)20)23-29-15-34-31-23)24-22-19(12-28-24)30-21(13-27-22)32-9-6-25(2,14-26)7-10-32/h3-4,11,13,15-16H,5-10,12,14,26H2,1-2H3/t16-/m0/s1. The number of hydrogen-bond donors (Lipinski definition) is 1. The summed E-state index contributed by atoms with van der Waals surface area (Å²) in [6.45, 7) is 8.69. The first-order chi connectivity index (χ1) is 16.5. The van der Waals surface area contributed by atoms with Gasteiger partial charge in [-0.15, -0.1) is 0 Å². The van der Waals surface area contributed by atoms with Crippen LogP contribution in [0.1, 0.15) is 56.0 Å². The summed E-state index contributed by atoms with van der Waals surface area (Å²) in [5.41, 5.74) is 11.5. The normalized spacial score (nSPS) is 21.3. The number of nitrogens with two attached hydrogens (primary N) is 1. The van der Waals surface area contributed by atoms with Gasteiger partial charge in [0.25, 0.3) is 0 Å². The fourth-order valence-corrected chi connectivity index (χ4v) is 5.23. The van der Waals surface area contributed by atoms with E-state index in [9.17, 15) is 0 Å². The van der Waals surface area contributed by atoms with Crippen molar-refractivity contribution >= 4 is 17.3 Å². The molecular weight excluding hydrogens is 428 g/mol. The van der Waals surface area contributed by atoms with Gasteiger partial charge in [0, 0.05) is 30.9 Å². The Bertz CT molecular complexity index is 1230. The van der Waals surface area contributed by atoms with E-state index >= 15 is 0 Å². The van der Waals surface area contributed by atoms with E-state index in [-0.39, 0.29) is 5.41 Å². The minimum Gasteiger partial charge on any atom is -0.355 e. The summed E-state index contributed by atoms with van der Waals surface area (Å²) in [4.78, 5) is 23.6. The topological polar surface area (TPSA) is 110 Å². The number of hydrogen-bond acceptors (Lipinski definition) is 9. The summed E-state index contributed by atoms with van der Waals surface area (Å²) in [5, 5.41) is 3.99. The van der Waals surface area contributed by atoms with Crippen LogP contribution in [-0.2, 0) is 6.54 Å². The van der Waals surface area contributed by atoms with Crippen LogP contribution in [0.2, 0.25) is 0 Å². The van der Waals surface area contributed by atoms with Crippen LogP contribution in [-0.4, -0.2) is 52.1 Å². The zero-order valence-corrected chi connectivity index (χ0v) is 19.7. The fourth-order valence-electron chi connectivity index (χ4n) is 5.23. The van der Waals surface area contributed by atoms with Gasteiger partial charge in [0.05, 0.1) is 18.4 Å². The Morgan fingerprint density at radius 1 is 1.18 bits per heavy atom. The van der Waals surface area contributed by atoms with Gasteiger partial charge in [-0.05, 0) is 60.9 Å². The number of piperidine rings is 1. The van der Waals surface area contributed by atoms with Crippen molar-refractivity contribution in [2.75, 3.05) is 36.0 Å². The first-order valence-electron chi connectivity index (χ1n) is 12.1. The lowest BCUT2D eigenvalue weighted by Gasteiger charge is -2.39. The lowest BCUT2D eigenvalue weighted by Crippen LogP contribution is -2.42. The average molecular weight is 459 g/mol. The predicted molar refractivity (Wildman–Crippen MR) is 131 cm³/mol. The lowest BCUT2D eigenvalue weighted by molar-refractivity contribution is 0.258. The zero-order chi connectivity index (χ0) is 23.3. The van der Waals surface area contributed by atoms with Crippen molar-refractivity contribution in [3.8, 4) is 11.4 Å². The third kappa shape index (κ3) is 3.55. The maximum absolute atomic E-state index is 5.98. The number of amidine groups is 1. The van der Waals surface area contributed by atoms with E-state index in [1.165, 1.54) is 17.6 Å². The zero-order valence-electron chi connectivity index (χ0n) is 19.7. The highest BCUT2D eigenvalue weighted by Crippen LogP contribution is 2.39. The van der Waals surface area contributed by atoms with Crippen LogP contribution in [0.25, 0.3) is 11.4 Å². The molecule has 0 amide bonds. The highest BCUT2D eigenvalue weighted by molar-refractivity contribution is 6.11. The smallest absolute Gasteiger partial charge is 0.214 e. The quantitative estimate of drug-likeness (QED) is 0.636. The first-order valence-corrected chi connectivity index (χ1v) is 12.1. The SMILES string of the molecule is C[C@H]1CCN(C2=NCc3nc(N4CCC(C)(CN)CC4)cnc32)c2ccc(-c3ncon3)cc21. The van der Waals surface area contributed by atoms with Gasteiger partial charge in [-0.1, -0.05) is 19.0 Å². The Morgan fingerprint density at radius 2 is 2.03 bits per heavy atom. The number of rotatable bonds is 3. The van der Waals surface area contributed by atoms with Crippen molar-refractivity contribution < 1.29 is 4.52 Å². The molecule has 2 aromatic heterocycles. The van der Waals surface area contributed by atoms with Crippen LogP contribution in [0, 0.1) is 5.41 Å². The molecule has 0 spiro atoms. The molecule has 9 nitrogen and oxygen atoms in total. The van der Waals surface area contributed by atoms with Gasteiger partial charge in [0.15, 0.2) is 5.84 Å². The van der Waals surface area contributed by atoms with E-state index in [0.29, 0.717) is 18.3 Å². The molecule has 1 atom stereocenters. The van der Waals surface area contributed by atoms with Crippen LogP contribution < -0.4 is 15.5 Å². The lowest BCUT2D eigenvalue weighted by atomic mass is 9.80. The number of anilines is 2. The van der Waals surface area contributed by atoms with E-state index in [4.69, 9.17) is 25.2 Å².